The van der Waals surface area contributed by atoms with Gasteiger partial charge in [0.05, 0.1) is 17.8 Å². The van der Waals surface area contributed by atoms with Crippen LogP contribution in [0, 0.1) is 13.8 Å². The van der Waals surface area contributed by atoms with Crippen LogP contribution in [0.15, 0.2) is 51.4 Å². The highest BCUT2D eigenvalue weighted by atomic mass is 16.5. The minimum Gasteiger partial charge on any atom is -0.481 e. The molecular weight excluding hydrogens is 320 g/mol. The number of hydrogen-bond donors (Lipinski definition) is 1. The fraction of sp³-hybridized carbons (Fsp3) is 0.263. The monoisotopic (exact) mass is 340 g/mol. The van der Waals surface area contributed by atoms with Gasteiger partial charge in [0.1, 0.15) is 23.0 Å². The summed E-state index contributed by atoms with van der Waals surface area (Å²) in [6, 6.07) is 12.9. The summed E-state index contributed by atoms with van der Waals surface area (Å²) >= 11 is 0. The van der Waals surface area contributed by atoms with Crippen LogP contribution in [-0.4, -0.2) is 17.2 Å². The molecule has 0 fully saturated rings. The molecule has 0 radical (unpaired) electrons. The van der Waals surface area contributed by atoms with Gasteiger partial charge in [-0.15, -0.1) is 0 Å². The number of hydrogen-bond acceptors (Lipinski definition) is 5. The first-order valence-corrected chi connectivity index (χ1v) is 8.06. The third-order valence-corrected chi connectivity index (χ3v) is 3.80. The van der Waals surface area contributed by atoms with E-state index in [9.17, 15) is 4.79 Å². The van der Waals surface area contributed by atoms with E-state index in [1.54, 1.807) is 6.92 Å². The minimum absolute atomic E-state index is 0.209. The molecule has 25 heavy (non-hydrogen) atoms. The SMILES string of the molecule is Cc1noc(C)c1-c1ccc(CNC(=O)C(C)Oc2ccccc2)o1. The van der Waals surface area contributed by atoms with E-state index in [2.05, 4.69) is 10.5 Å². The van der Waals surface area contributed by atoms with E-state index in [-0.39, 0.29) is 12.5 Å². The van der Waals surface area contributed by atoms with E-state index < -0.39 is 6.10 Å². The maximum Gasteiger partial charge on any atom is 0.261 e. The van der Waals surface area contributed by atoms with E-state index in [1.165, 1.54) is 0 Å². The van der Waals surface area contributed by atoms with E-state index in [0.717, 1.165) is 11.3 Å². The van der Waals surface area contributed by atoms with Gasteiger partial charge in [-0.3, -0.25) is 4.79 Å². The molecule has 3 aromatic rings. The Morgan fingerprint density at radius 2 is 1.96 bits per heavy atom. The van der Waals surface area contributed by atoms with Gasteiger partial charge in [0, 0.05) is 0 Å². The molecule has 1 atom stereocenters. The number of nitrogens with zero attached hydrogens (tertiary/aromatic N) is 1. The average molecular weight is 340 g/mol. The second-order valence-electron chi connectivity index (χ2n) is 5.76. The van der Waals surface area contributed by atoms with Crippen LogP contribution < -0.4 is 10.1 Å². The number of benzene rings is 1. The number of ether oxygens (including phenoxy) is 1. The second-order valence-corrected chi connectivity index (χ2v) is 5.76. The van der Waals surface area contributed by atoms with E-state index >= 15 is 0 Å². The van der Waals surface area contributed by atoms with Crippen molar-refractivity contribution in [2.24, 2.45) is 0 Å². The lowest BCUT2D eigenvalue weighted by atomic mass is 10.1. The van der Waals surface area contributed by atoms with Crippen LogP contribution in [0.25, 0.3) is 11.3 Å². The number of aryl methyl sites for hydroxylation is 2. The number of aromatic nitrogens is 1. The van der Waals surface area contributed by atoms with Crippen LogP contribution in [-0.2, 0) is 11.3 Å². The predicted octanol–water partition coefficient (Wildman–Crippen LogP) is 3.64. The molecule has 1 amide bonds. The summed E-state index contributed by atoms with van der Waals surface area (Å²) in [7, 11) is 0. The molecule has 3 rings (SSSR count). The summed E-state index contributed by atoms with van der Waals surface area (Å²) in [5, 5.41) is 6.73. The number of carbonyl (C=O) groups excluding carboxylic acids is 1. The second kappa shape index (κ2) is 7.25. The third-order valence-electron chi connectivity index (χ3n) is 3.80. The predicted molar refractivity (Wildman–Crippen MR) is 92.1 cm³/mol. The number of rotatable bonds is 6. The molecule has 0 saturated carbocycles. The van der Waals surface area contributed by atoms with Gasteiger partial charge in [0.15, 0.2) is 6.10 Å². The Kier molecular flexibility index (Phi) is 4.88. The van der Waals surface area contributed by atoms with Gasteiger partial charge in [-0.05, 0) is 45.0 Å². The third kappa shape index (κ3) is 3.91. The quantitative estimate of drug-likeness (QED) is 0.741. The molecule has 0 spiro atoms. The zero-order valence-electron chi connectivity index (χ0n) is 14.4. The highest BCUT2D eigenvalue weighted by Gasteiger charge is 2.17. The summed E-state index contributed by atoms with van der Waals surface area (Å²) in [5.74, 6) is 2.47. The fourth-order valence-electron chi connectivity index (χ4n) is 2.52. The average Bonchev–Trinajstić information content (AvgIpc) is 3.19. The Morgan fingerprint density at radius 1 is 1.20 bits per heavy atom. The highest BCUT2D eigenvalue weighted by Crippen LogP contribution is 2.28. The van der Waals surface area contributed by atoms with Gasteiger partial charge < -0.3 is 19.0 Å². The molecule has 0 saturated heterocycles. The van der Waals surface area contributed by atoms with Crippen molar-refractivity contribution < 1.29 is 18.5 Å². The van der Waals surface area contributed by atoms with Crippen LogP contribution in [0.5, 0.6) is 5.75 Å². The van der Waals surface area contributed by atoms with Crippen molar-refractivity contribution in [3.63, 3.8) is 0 Å². The van der Waals surface area contributed by atoms with Crippen molar-refractivity contribution in [2.75, 3.05) is 0 Å². The zero-order valence-corrected chi connectivity index (χ0v) is 14.4. The first-order chi connectivity index (χ1) is 12.0. The molecule has 130 valence electrons. The molecular formula is C19H20N2O4. The number of nitrogens with one attached hydrogen (secondary N) is 1. The normalized spacial score (nSPS) is 12.0. The number of furan rings is 1. The van der Waals surface area contributed by atoms with E-state index in [0.29, 0.717) is 23.0 Å². The molecule has 1 unspecified atom stereocenters. The van der Waals surface area contributed by atoms with Crippen LogP contribution in [0.2, 0.25) is 0 Å². The molecule has 0 aliphatic heterocycles. The lowest BCUT2D eigenvalue weighted by Gasteiger charge is -2.14. The van der Waals surface area contributed by atoms with Crippen LogP contribution in [0.3, 0.4) is 0 Å². The summed E-state index contributed by atoms with van der Waals surface area (Å²) in [5.41, 5.74) is 1.62. The molecule has 0 aliphatic carbocycles. The lowest BCUT2D eigenvalue weighted by molar-refractivity contribution is -0.127. The highest BCUT2D eigenvalue weighted by molar-refractivity contribution is 5.80. The first-order valence-electron chi connectivity index (χ1n) is 8.06. The maximum atomic E-state index is 12.2. The fourth-order valence-corrected chi connectivity index (χ4v) is 2.52. The van der Waals surface area contributed by atoms with Crippen LogP contribution >= 0.6 is 0 Å². The molecule has 6 nitrogen and oxygen atoms in total. The number of amides is 1. The summed E-state index contributed by atoms with van der Waals surface area (Å²) in [6.45, 7) is 5.69. The Morgan fingerprint density at radius 3 is 2.64 bits per heavy atom. The molecule has 2 heterocycles. The van der Waals surface area contributed by atoms with Gasteiger partial charge in [0.2, 0.25) is 0 Å². The van der Waals surface area contributed by atoms with Crippen molar-refractivity contribution >= 4 is 5.91 Å². The Labute approximate surface area is 145 Å². The lowest BCUT2D eigenvalue weighted by Crippen LogP contribution is -2.35. The van der Waals surface area contributed by atoms with Gasteiger partial charge in [-0.1, -0.05) is 23.4 Å². The van der Waals surface area contributed by atoms with Crippen molar-refractivity contribution in [2.45, 2.75) is 33.4 Å². The van der Waals surface area contributed by atoms with Crippen molar-refractivity contribution in [3.05, 3.63) is 59.7 Å². The standard InChI is InChI=1S/C19H20N2O4/c1-12-18(13(2)25-21-12)17-10-9-16(24-17)11-20-19(22)14(3)23-15-7-5-4-6-8-15/h4-10,14H,11H2,1-3H3,(H,20,22). The molecule has 6 heteroatoms. The Hall–Kier alpha value is -3.02. The molecule has 0 aliphatic rings. The molecule has 1 aromatic carbocycles. The Balaban J connectivity index is 1.58. The Bertz CT molecular complexity index is 832. The van der Waals surface area contributed by atoms with Crippen LogP contribution in [0.4, 0.5) is 0 Å². The van der Waals surface area contributed by atoms with Crippen molar-refractivity contribution in [3.8, 4) is 17.1 Å². The first kappa shape index (κ1) is 16.8. The smallest absolute Gasteiger partial charge is 0.261 e. The molecule has 0 bridgehead atoms. The summed E-state index contributed by atoms with van der Waals surface area (Å²) < 4.78 is 16.5. The maximum absolute atomic E-state index is 12.2. The number of para-hydroxylation sites is 1. The van der Waals surface area contributed by atoms with Gasteiger partial charge >= 0.3 is 0 Å². The largest absolute Gasteiger partial charge is 0.481 e. The summed E-state index contributed by atoms with van der Waals surface area (Å²) in [4.78, 5) is 12.2. The van der Waals surface area contributed by atoms with Crippen molar-refractivity contribution in [1.29, 1.82) is 0 Å². The van der Waals surface area contributed by atoms with Gasteiger partial charge in [-0.25, -0.2) is 0 Å². The van der Waals surface area contributed by atoms with E-state index in [1.807, 2.05) is 56.3 Å². The van der Waals surface area contributed by atoms with Crippen molar-refractivity contribution in [1.82, 2.24) is 10.5 Å². The number of carbonyl (C=O) groups is 1. The molecule has 1 N–H and O–H groups in total. The van der Waals surface area contributed by atoms with Crippen LogP contribution in [0.1, 0.15) is 24.1 Å². The van der Waals surface area contributed by atoms with Gasteiger partial charge in [-0.2, -0.15) is 0 Å². The minimum atomic E-state index is -0.598. The molecule has 2 aromatic heterocycles. The van der Waals surface area contributed by atoms with Gasteiger partial charge in [0.25, 0.3) is 5.91 Å². The summed E-state index contributed by atoms with van der Waals surface area (Å²) in [6.07, 6.45) is -0.598. The topological polar surface area (TPSA) is 77.5 Å². The zero-order chi connectivity index (χ0) is 17.8. The van der Waals surface area contributed by atoms with E-state index in [4.69, 9.17) is 13.7 Å².